The van der Waals surface area contributed by atoms with E-state index in [4.69, 9.17) is 23.9 Å². The summed E-state index contributed by atoms with van der Waals surface area (Å²) in [6.45, 7) is 10.1. The van der Waals surface area contributed by atoms with Gasteiger partial charge in [-0.3, -0.25) is 4.79 Å². The second kappa shape index (κ2) is 10.8. The van der Waals surface area contributed by atoms with Gasteiger partial charge >= 0.3 is 18.1 Å². The number of rotatable bonds is 6. The number of benzene rings is 1. The van der Waals surface area contributed by atoms with E-state index in [1.807, 2.05) is 6.92 Å². The first kappa shape index (κ1) is 29.7. The van der Waals surface area contributed by atoms with E-state index in [2.05, 4.69) is 4.99 Å². The number of pyridine rings is 2. The molecule has 0 unspecified atom stereocenters. The van der Waals surface area contributed by atoms with E-state index in [0.29, 0.717) is 29.1 Å². The molecule has 2 aliphatic heterocycles. The number of aliphatic imine (C=N–C) groups is 1. The minimum Gasteiger partial charge on any atom is -0.457 e. The Labute approximate surface area is 246 Å². The van der Waals surface area contributed by atoms with Crippen LogP contribution in [0.5, 0.6) is 5.75 Å². The summed E-state index contributed by atoms with van der Waals surface area (Å²) in [4.78, 5) is 71.0. The summed E-state index contributed by atoms with van der Waals surface area (Å²) in [6, 6.07) is 5.50. The van der Waals surface area contributed by atoms with Crippen LogP contribution in [0.1, 0.15) is 70.2 Å². The Morgan fingerprint density at radius 1 is 1.19 bits per heavy atom. The van der Waals surface area contributed by atoms with Gasteiger partial charge in [0.1, 0.15) is 18.0 Å². The molecule has 5 rings (SSSR count). The zero-order chi connectivity index (χ0) is 31.3. The number of fused-ring (bicyclic) bond motifs is 5. The smallest absolute Gasteiger partial charge is 0.457 e. The number of nitrogens with zero attached hydrogens (tertiary/aromatic N) is 3. The molecule has 0 aliphatic carbocycles. The van der Waals surface area contributed by atoms with Crippen LogP contribution in [0.3, 0.4) is 0 Å². The molecule has 2 aromatic heterocycles. The number of aryl methyl sites for hydroxylation is 1. The minimum absolute atomic E-state index is 0.0242. The Bertz CT molecular complexity index is 1800. The van der Waals surface area contributed by atoms with Gasteiger partial charge in [-0.25, -0.2) is 24.2 Å². The van der Waals surface area contributed by atoms with Gasteiger partial charge in [-0.2, -0.15) is 4.99 Å². The Kier molecular flexibility index (Phi) is 7.43. The van der Waals surface area contributed by atoms with Crippen LogP contribution in [0.4, 0.5) is 4.79 Å². The Morgan fingerprint density at radius 2 is 1.93 bits per heavy atom. The summed E-state index contributed by atoms with van der Waals surface area (Å²) >= 11 is 0. The summed E-state index contributed by atoms with van der Waals surface area (Å²) in [5, 5.41) is 0.757. The molecule has 0 saturated heterocycles. The van der Waals surface area contributed by atoms with E-state index in [-0.39, 0.29) is 30.7 Å². The van der Waals surface area contributed by atoms with Crippen LogP contribution < -0.4 is 10.3 Å². The van der Waals surface area contributed by atoms with E-state index in [1.165, 1.54) is 13.0 Å². The normalized spacial score (nSPS) is 17.6. The molecule has 4 heterocycles. The van der Waals surface area contributed by atoms with Gasteiger partial charge < -0.3 is 23.5 Å². The largest absolute Gasteiger partial charge is 0.514 e. The van der Waals surface area contributed by atoms with Crippen molar-refractivity contribution in [3.05, 3.63) is 56.9 Å². The molecule has 0 saturated carbocycles. The molecule has 0 fully saturated rings. The van der Waals surface area contributed by atoms with Crippen molar-refractivity contribution in [2.24, 2.45) is 4.99 Å². The van der Waals surface area contributed by atoms with E-state index in [1.54, 1.807) is 56.5 Å². The molecular formula is C31H31N3O9. The van der Waals surface area contributed by atoms with Gasteiger partial charge in [-0.1, -0.05) is 13.8 Å². The molecule has 3 aromatic rings. The number of ether oxygens (including phenoxy) is 4. The molecule has 0 bridgehead atoms. The summed E-state index contributed by atoms with van der Waals surface area (Å²) in [5.74, 6) is -1.46. The lowest BCUT2D eigenvalue weighted by Gasteiger charge is -2.36. The third kappa shape index (κ3) is 5.08. The second-order valence-corrected chi connectivity index (χ2v) is 11.4. The summed E-state index contributed by atoms with van der Waals surface area (Å²) in [7, 11) is 0. The maximum Gasteiger partial charge on any atom is 0.514 e. The first-order valence-electron chi connectivity index (χ1n) is 13.9. The number of carbonyl (C=O) groups is 3. The topological polar surface area (TPSA) is 152 Å². The highest BCUT2D eigenvalue weighted by Gasteiger charge is 2.51. The zero-order valence-electron chi connectivity index (χ0n) is 24.7. The molecule has 2 aliphatic rings. The predicted molar refractivity (Wildman–Crippen MR) is 152 cm³/mol. The van der Waals surface area contributed by atoms with Crippen LogP contribution in [0.25, 0.3) is 22.3 Å². The highest BCUT2D eigenvalue weighted by atomic mass is 16.7. The van der Waals surface area contributed by atoms with Crippen molar-refractivity contribution >= 4 is 35.1 Å². The van der Waals surface area contributed by atoms with E-state index >= 15 is 0 Å². The molecule has 12 nitrogen and oxygen atoms in total. The van der Waals surface area contributed by atoms with Gasteiger partial charge in [0, 0.05) is 16.5 Å². The highest BCUT2D eigenvalue weighted by Crippen LogP contribution is 2.42. The number of hydrogen-bond donors (Lipinski definition) is 0. The van der Waals surface area contributed by atoms with Crippen molar-refractivity contribution in [2.75, 3.05) is 0 Å². The van der Waals surface area contributed by atoms with E-state index in [0.717, 1.165) is 16.5 Å². The zero-order valence-corrected chi connectivity index (χ0v) is 24.7. The van der Waals surface area contributed by atoms with Gasteiger partial charge in [0.2, 0.25) is 11.7 Å². The van der Waals surface area contributed by atoms with Gasteiger partial charge in [-0.05, 0) is 70.4 Å². The second-order valence-electron chi connectivity index (χ2n) is 11.4. The van der Waals surface area contributed by atoms with Crippen LogP contribution in [0, 0.1) is 0 Å². The minimum atomic E-state index is -1.91. The molecule has 224 valence electrons. The highest BCUT2D eigenvalue weighted by molar-refractivity contribution is 5.91. The fourth-order valence-corrected chi connectivity index (χ4v) is 5.52. The monoisotopic (exact) mass is 589 g/mol. The lowest BCUT2D eigenvalue weighted by Crippen LogP contribution is -2.48. The Hall–Kier alpha value is -4.83. The number of cyclic esters (lactones) is 1. The lowest BCUT2D eigenvalue weighted by molar-refractivity contribution is -0.190. The van der Waals surface area contributed by atoms with Gasteiger partial charge in [-0.15, -0.1) is 0 Å². The van der Waals surface area contributed by atoms with Crippen molar-refractivity contribution in [3.8, 4) is 17.1 Å². The van der Waals surface area contributed by atoms with Crippen LogP contribution in [0.15, 0.2) is 34.1 Å². The fourth-order valence-electron chi connectivity index (χ4n) is 5.52. The van der Waals surface area contributed by atoms with Gasteiger partial charge in [0.15, 0.2) is 6.04 Å². The Balaban J connectivity index is 1.63. The first-order valence-corrected chi connectivity index (χ1v) is 13.9. The quantitative estimate of drug-likeness (QED) is 0.105. The maximum absolute atomic E-state index is 13.9. The van der Waals surface area contributed by atoms with Gasteiger partial charge in [0.25, 0.3) is 5.56 Å². The number of hydrogen-bond acceptors (Lipinski definition) is 11. The van der Waals surface area contributed by atoms with Crippen molar-refractivity contribution < 1.29 is 38.1 Å². The molecule has 12 heteroatoms. The molecule has 0 spiro atoms. The first-order chi connectivity index (χ1) is 20.3. The van der Waals surface area contributed by atoms with Crippen molar-refractivity contribution in [3.63, 3.8) is 0 Å². The number of carbonyl (C=O) groups excluding carboxylic acids is 4. The molecule has 0 amide bonds. The molecule has 0 N–H and O–H groups in total. The molecule has 43 heavy (non-hydrogen) atoms. The lowest BCUT2D eigenvalue weighted by atomic mass is 9.85. The SMILES string of the molecule is CCc1c2c(nc3ccc(OC(=O)OC(C)(C)C)cc13)-c1cc3c(c(=O)n1C2)COC(=O)[C@@]3(CC)OC(=O)[C@H](C)N=C=O. The Morgan fingerprint density at radius 3 is 2.58 bits per heavy atom. The van der Waals surface area contributed by atoms with Crippen LogP contribution in [-0.4, -0.2) is 45.4 Å². The predicted octanol–water partition coefficient (Wildman–Crippen LogP) is 4.23. The van der Waals surface area contributed by atoms with Crippen molar-refractivity contribution in [1.29, 1.82) is 0 Å². The standard InChI is InChI=1S/C31H31N3O9/c1-7-18-19-11-17(41-29(39)43-30(4,5)6)9-10-23(19)33-25-20(18)13-34-24(25)12-22-21(26(34)36)14-40-28(38)31(22,8-2)42-27(37)16(3)32-15-35/h9-12,16H,7-8,13-14H2,1-6H3/t16-,31-/m0/s1. The summed E-state index contributed by atoms with van der Waals surface area (Å²) in [6.07, 6.45) is 1.05. The summed E-state index contributed by atoms with van der Waals surface area (Å²) in [5.41, 5.74) is 0.735. The third-order valence-electron chi connectivity index (χ3n) is 7.55. The third-order valence-corrected chi connectivity index (χ3v) is 7.55. The van der Waals surface area contributed by atoms with E-state index in [9.17, 15) is 24.0 Å². The van der Waals surface area contributed by atoms with Gasteiger partial charge in [0.05, 0.1) is 29.0 Å². The summed E-state index contributed by atoms with van der Waals surface area (Å²) < 4.78 is 23.3. The molecular weight excluding hydrogens is 558 g/mol. The van der Waals surface area contributed by atoms with Crippen LogP contribution in [0.2, 0.25) is 0 Å². The van der Waals surface area contributed by atoms with Crippen molar-refractivity contribution in [2.45, 2.75) is 84.8 Å². The number of isocyanates is 1. The fraction of sp³-hybridized carbons (Fsp3) is 0.419. The molecule has 0 radical (unpaired) electrons. The number of esters is 2. The number of aromatic nitrogens is 2. The van der Waals surface area contributed by atoms with E-state index < -0.39 is 40.9 Å². The molecule has 2 atom stereocenters. The van der Waals surface area contributed by atoms with Crippen molar-refractivity contribution in [1.82, 2.24) is 9.55 Å². The molecule has 1 aromatic carbocycles. The average Bonchev–Trinajstić information content (AvgIpc) is 3.31. The van der Waals surface area contributed by atoms with Crippen LogP contribution >= 0.6 is 0 Å². The maximum atomic E-state index is 13.9. The average molecular weight is 590 g/mol. The van der Waals surface area contributed by atoms with Crippen LogP contribution in [-0.2, 0) is 53.8 Å².